The number of benzene rings is 2. The summed E-state index contributed by atoms with van der Waals surface area (Å²) in [5.74, 6) is 0.884. The van der Waals surface area contributed by atoms with Crippen molar-refractivity contribution in [2.75, 3.05) is 0 Å². The number of fused-ring (bicyclic) bond motifs is 1. The molecule has 1 heterocycles. The summed E-state index contributed by atoms with van der Waals surface area (Å²) in [7, 11) is 0. The SMILES string of the molecule is Cc1ccc2c(c1)C(N)CC(c1cccc(Cl)c1)O2. The molecule has 2 nitrogen and oxygen atoms in total. The van der Waals surface area contributed by atoms with Gasteiger partial charge in [-0.2, -0.15) is 0 Å². The molecule has 0 spiro atoms. The van der Waals surface area contributed by atoms with E-state index in [1.165, 1.54) is 5.56 Å². The third-order valence-corrected chi connectivity index (χ3v) is 3.76. The number of hydrogen-bond acceptors (Lipinski definition) is 2. The Morgan fingerprint density at radius 3 is 2.84 bits per heavy atom. The van der Waals surface area contributed by atoms with Gasteiger partial charge in [0, 0.05) is 23.0 Å². The maximum Gasteiger partial charge on any atom is 0.126 e. The number of halogens is 1. The van der Waals surface area contributed by atoms with Crippen molar-refractivity contribution >= 4 is 11.6 Å². The number of rotatable bonds is 1. The molecule has 0 fully saturated rings. The monoisotopic (exact) mass is 273 g/mol. The summed E-state index contributed by atoms with van der Waals surface area (Å²) < 4.78 is 6.06. The quantitative estimate of drug-likeness (QED) is 0.846. The topological polar surface area (TPSA) is 35.2 Å². The lowest BCUT2D eigenvalue weighted by Crippen LogP contribution is -2.24. The summed E-state index contributed by atoms with van der Waals surface area (Å²) in [4.78, 5) is 0. The van der Waals surface area contributed by atoms with E-state index < -0.39 is 0 Å². The third-order valence-electron chi connectivity index (χ3n) is 3.52. The third kappa shape index (κ3) is 2.46. The van der Waals surface area contributed by atoms with E-state index in [0.29, 0.717) is 0 Å². The molecule has 3 heteroatoms. The van der Waals surface area contributed by atoms with Crippen molar-refractivity contribution in [1.82, 2.24) is 0 Å². The van der Waals surface area contributed by atoms with Crippen LogP contribution in [0.15, 0.2) is 42.5 Å². The van der Waals surface area contributed by atoms with Gasteiger partial charge in [0.25, 0.3) is 0 Å². The zero-order valence-electron chi connectivity index (χ0n) is 10.8. The maximum absolute atomic E-state index is 6.27. The van der Waals surface area contributed by atoms with Gasteiger partial charge in [0.05, 0.1) is 0 Å². The summed E-state index contributed by atoms with van der Waals surface area (Å²) in [5, 5.41) is 0.726. The molecule has 2 aromatic carbocycles. The molecule has 3 rings (SSSR count). The van der Waals surface area contributed by atoms with Crippen LogP contribution in [0.4, 0.5) is 0 Å². The van der Waals surface area contributed by atoms with E-state index in [-0.39, 0.29) is 12.1 Å². The molecule has 2 unspecified atom stereocenters. The Morgan fingerprint density at radius 1 is 1.21 bits per heavy atom. The lowest BCUT2D eigenvalue weighted by Gasteiger charge is -2.31. The van der Waals surface area contributed by atoms with Crippen LogP contribution in [0, 0.1) is 6.92 Å². The van der Waals surface area contributed by atoms with Crippen molar-refractivity contribution in [3.63, 3.8) is 0 Å². The van der Waals surface area contributed by atoms with Crippen LogP contribution in [-0.2, 0) is 0 Å². The molecule has 2 aromatic rings. The molecule has 0 radical (unpaired) electrons. The van der Waals surface area contributed by atoms with Crippen LogP contribution in [-0.4, -0.2) is 0 Å². The molecule has 2 N–H and O–H groups in total. The van der Waals surface area contributed by atoms with E-state index in [1.54, 1.807) is 0 Å². The summed E-state index contributed by atoms with van der Waals surface area (Å²) in [6.45, 7) is 2.07. The predicted octanol–water partition coefficient (Wildman–Crippen LogP) is 4.17. The highest BCUT2D eigenvalue weighted by atomic mass is 35.5. The van der Waals surface area contributed by atoms with Gasteiger partial charge in [0.15, 0.2) is 0 Å². The lowest BCUT2D eigenvalue weighted by molar-refractivity contribution is 0.161. The normalized spacial score (nSPS) is 21.6. The van der Waals surface area contributed by atoms with Crippen LogP contribution in [0.3, 0.4) is 0 Å². The van der Waals surface area contributed by atoms with E-state index in [2.05, 4.69) is 13.0 Å². The van der Waals surface area contributed by atoms with E-state index >= 15 is 0 Å². The highest BCUT2D eigenvalue weighted by Crippen LogP contribution is 2.40. The second-order valence-corrected chi connectivity index (χ2v) is 5.48. The molecule has 0 aliphatic carbocycles. The highest BCUT2D eigenvalue weighted by Gasteiger charge is 2.27. The molecule has 0 amide bonds. The minimum atomic E-state index is -0.0242. The van der Waals surface area contributed by atoms with Crippen LogP contribution < -0.4 is 10.5 Å². The Kier molecular flexibility index (Phi) is 3.21. The molecular formula is C16H16ClNO. The molecule has 0 saturated carbocycles. The Morgan fingerprint density at radius 2 is 2.05 bits per heavy atom. The fourth-order valence-corrected chi connectivity index (χ4v) is 2.73. The van der Waals surface area contributed by atoms with E-state index in [4.69, 9.17) is 22.1 Å². The summed E-state index contributed by atoms with van der Waals surface area (Å²) >= 11 is 6.03. The molecule has 0 bridgehead atoms. The first-order chi connectivity index (χ1) is 9.13. The van der Waals surface area contributed by atoms with Crippen molar-refractivity contribution in [2.24, 2.45) is 5.73 Å². The van der Waals surface area contributed by atoms with Crippen LogP contribution >= 0.6 is 11.6 Å². The van der Waals surface area contributed by atoms with Crippen molar-refractivity contribution < 1.29 is 4.74 Å². The molecule has 19 heavy (non-hydrogen) atoms. The van der Waals surface area contributed by atoms with Gasteiger partial charge < -0.3 is 10.5 Å². The van der Waals surface area contributed by atoms with Gasteiger partial charge in [0.2, 0.25) is 0 Å². The van der Waals surface area contributed by atoms with Gasteiger partial charge >= 0.3 is 0 Å². The van der Waals surface area contributed by atoms with Gasteiger partial charge in [-0.25, -0.2) is 0 Å². The molecule has 98 valence electrons. The van der Waals surface area contributed by atoms with Gasteiger partial charge in [-0.1, -0.05) is 41.4 Å². The maximum atomic E-state index is 6.27. The van der Waals surface area contributed by atoms with Gasteiger partial charge in [-0.15, -0.1) is 0 Å². The predicted molar refractivity (Wildman–Crippen MR) is 77.5 cm³/mol. The Balaban J connectivity index is 1.95. The van der Waals surface area contributed by atoms with Gasteiger partial charge in [0.1, 0.15) is 11.9 Å². The minimum Gasteiger partial charge on any atom is -0.485 e. The minimum absolute atomic E-state index is 0.00707. The summed E-state index contributed by atoms with van der Waals surface area (Å²) in [6, 6.07) is 13.9. The second-order valence-electron chi connectivity index (χ2n) is 5.04. The first-order valence-corrected chi connectivity index (χ1v) is 6.79. The summed E-state index contributed by atoms with van der Waals surface area (Å²) in [5.41, 5.74) is 9.65. The first kappa shape index (κ1) is 12.5. The summed E-state index contributed by atoms with van der Waals surface area (Å²) in [6.07, 6.45) is 0.750. The zero-order chi connectivity index (χ0) is 13.4. The Hall–Kier alpha value is -1.51. The largest absolute Gasteiger partial charge is 0.485 e. The average Bonchev–Trinajstić information content (AvgIpc) is 2.39. The van der Waals surface area contributed by atoms with Crippen LogP contribution in [0.2, 0.25) is 5.02 Å². The van der Waals surface area contributed by atoms with Crippen molar-refractivity contribution in [2.45, 2.75) is 25.5 Å². The Bertz CT molecular complexity index is 611. The fraction of sp³-hybridized carbons (Fsp3) is 0.250. The average molecular weight is 274 g/mol. The number of hydrogen-bond donors (Lipinski definition) is 1. The molecule has 1 aliphatic heterocycles. The van der Waals surface area contributed by atoms with Crippen molar-refractivity contribution in [1.29, 1.82) is 0 Å². The van der Waals surface area contributed by atoms with Gasteiger partial charge in [-0.05, 0) is 30.7 Å². The number of ether oxygens (including phenoxy) is 1. The number of aryl methyl sites for hydroxylation is 1. The lowest BCUT2D eigenvalue weighted by atomic mass is 9.93. The van der Waals surface area contributed by atoms with E-state index in [0.717, 1.165) is 28.3 Å². The van der Waals surface area contributed by atoms with Gasteiger partial charge in [-0.3, -0.25) is 0 Å². The second kappa shape index (κ2) is 4.87. The standard InChI is InChI=1S/C16H16ClNO/c1-10-5-6-15-13(7-10)14(18)9-16(19-15)11-3-2-4-12(17)8-11/h2-8,14,16H,9,18H2,1H3. The van der Waals surface area contributed by atoms with Crippen LogP contribution in [0.1, 0.15) is 35.3 Å². The fourth-order valence-electron chi connectivity index (χ4n) is 2.53. The number of nitrogens with two attached hydrogens (primary N) is 1. The molecule has 0 saturated heterocycles. The molecule has 2 atom stereocenters. The smallest absolute Gasteiger partial charge is 0.126 e. The molecule has 1 aliphatic rings. The van der Waals surface area contributed by atoms with E-state index in [9.17, 15) is 0 Å². The van der Waals surface area contributed by atoms with Crippen molar-refractivity contribution in [3.05, 3.63) is 64.2 Å². The van der Waals surface area contributed by atoms with Crippen LogP contribution in [0.5, 0.6) is 5.75 Å². The van der Waals surface area contributed by atoms with E-state index in [1.807, 2.05) is 36.4 Å². The first-order valence-electron chi connectivity index (χ1n) is 6.42. The van der Waals surface area contributed by atoms with Crippen LogP contribution in [0.25, 0.3) is 0 Å². The van der Waals surface area contributed by atoms with Crippen molar-refractivity contribution in [3.8, 4) is 5.75 Å². The zero-order valence-corrected chi connectivity index (χ0v) is 11.5. The highest BCUT2D eigenvalue weighted by molar-refractivity contribution is 6.30. The molecule has 0 aromatic heterocycles. The Labute approximate surface area is 118 Å². The molecular weight excluding hydrogens is 258 g/mol.